The second-order valence-corrected chi connectivity index (χ2v) is 9.36. The zero-order chi connectivity index (χ0) is 27.6. The van der Waals surface area contributed by atoms with Gasteiger partial charge in [-0.15, -0.1) is 0 Å². The molecule has 0 saturated carbocycles. The summed E-state index contributed by atoms with van der Waals surface area (Å²) in [5.41, 5.74) is 1.88. The first-order valence-electron chi connectivity index (χ1n) is 11.4. The molecule has 4 rings (SSSR count). The molecule has 2 aromatic carbocycles. The minimum absolute atomic E-state index is 0.0346. The molecule has 12 nitrogen and oxygen atoms in total. The van der Waals surface area contributed by atoms with Crippen molar-refractivity contribution in [3.8, 4) is 0 Å². The highest BCUT2D eigenvalue weighted by Gasteiger charge is 2.32. The van der Waals surface area contributed by atoms with E-state index in [1.807, 2.05) is 0 Å². The zero-order valence-corrected chi connectivity index (χ0v) is 21.1. The van der Waals surface area contributed by atoms with E-state index < -0.39 is 44.0 Å². The van der Waals surface area contributed by atoms with E-state index in [-0.39, 0.29) is 53.9 Å². The third-order valence-electron chi connectivity index (χ3n) is 6.01. The summed E-state index contributed by atoms with van der Waals surface area (Å²) in [6, 6.07) is 4.22. The number of amides is 3. The lowest BCUT2D eigenvalue weighted by atomic mass is 9.78. The highest BCUT2D eigenvalue weighted by atomic mass is 35.5. The maximum absolute atomic E-state index is 13.0. The monoisotopic (exact) mass is 563 g/mol. The van der Waals surface area contributed by atoms with E-state index in [0.29, 0.717) is 22.1 Å². The van der Waals surface area contributed by atoms with E-state index in [4.69, 9.17) is 37.6 Å². The average molecular weight is 564 g/mol. The van der Waals surface area contributed by atoms with Gasteiger partial charge in [0.05, 0.1) is 19.6 Å². The highest BCUT2D eigenvalue weighted by Crippen LogP contribution is 2.23. The molecule has 1 atom stereocenters. The van der Waals surface area contributed by atoms with Crippen LogP contribution in [0.5, 0.6) is 0 Å². The van der Waals surface area contributed by atoms with Crippen molar-refractivity contribution >= 4 is 72.1 Å². The third kappa shape index (κ3) is 6.12. The van der Waals surface area contributed by atoms with E-state index in [1.165, 1.54) is 24.3 Å². The maximum atomic E-state index is 13.0. The van der Waals surface area contributed by atoms with Crippen molar-refractivity contribution in [2.24, 2.45) is 0 Å². The standard InChI is InChI=1S/C22H21B2Cl2N3O9/c25-16-5-10(3-14-12(16)8-37-23(14)35)20(32)28-7-18(22(34)27-2-1-19(30)31)29-21(33)11-4-15-13(17(26)6-11)9-38-24(15)36/h3-6,18,35-36H,1-2,7-9H2,(H,27,34)(H,28,32)(H,29,33)(H,30,31)/t18-/m0/s1. The number of hydrogen-bond donors (Lipinski definition) is 6. The molecule has 0 unspecified atom stereocenters. The Bertz CT molecular complexity index is 1310. The van der Waals surface area contributed by atoms with E-state index in [9.17, 15) is 29.2 Å². The summed E-state index contributed by atoms with van der Waals surface area (Å²) in [5.74, 6) is -3.26. The highest BCUT2D eigenvalue weighted by molar-refractivity contribution is 6.62. The molecule has 0 bridgehead atoms. The predicted octanol–water partition coefficient (Wildman–Crippen LogP) is -1.45. The van der Waals surface area contributed by atoms with Crippen molar-refractivity contribution in [3.05, 3.63) is 56.6 Å². The Labute approximate surface area is 226 Å². The minimum Gasteiger partial charge on any atom is -0.481 e. The summed E-state index contributed by atoms with van der Waals surface area (Å²) in [5, 5.41) is 36.6. The first-order valence-corrected chi connectivity index (χ1v) is 12.1. The van der Waals surface area contributed by atoms with Crippen molar-refractivity contribution in [1.82, 2.24) is 16.0 Å². The number of hydrogen-bond acceptors (Lipinski definition) is 8. The molecule has 2 aliphatic rings. The Hall–Kier alpha value is -3.13. The minimum atomic E-state index is -1.31. The topological polar surface area (TPSA) is 184 Å². The van der Waals surface area contributed by atoms with Crippen LogP contribution in [0.4, 0.5) is 0 Å². The summed E-state index contributed by atoms with van der Waals surface area (Å²) < 4.78 is 10.2. The van der Waals surface area contributed by atoms with Crippen LogP contribution in [0.2, 0.25) is 10.0 Å². The maximum Gasteiger partial charge on any atom is 0.491 e. The quantitative estimate of drug-likeness (QED) is 0.199. The fourth-order valence-electron chi connectivity index (χ4n) is 3.99. The summed E-state index contributed by atoms with van der Waals surface area (Å²) in [6.45, 7) is -0.409. The zero-order valence-electron chi connectivity index (χ0n) is 19.6. The SMILES string of the molecule is O=C(O)CCNC(=O)[C@H](CNC(=O)c1cc(Cl)c2c(c1)B(O)OC2)NC(=O)c1cc(Cl)c2c(c1)B(O)OC2. The molecule has 0 radical (unpaired) electrons. The summed E-state index contributed by atoms with van der Waals surface area (Å²) in [7, 11) is -2.49. The Morgan fingerprint density at radius 2 is 1.39 bits per heavy atom. The predicted molar refractivity (Wildman–Crippen MR) is 137 cm³/mol. The van der Waals surface area contributed by atoms with Gasteiger partial charge in [-0.25, -0.2) is 0 Å². The van der Waals surface area contributed by atoms with Gasteiger partial charge < -0.3 is 40.4 Å². The van der Waals surface area contributed by atoms with Gasteiger partial charge >= 0.3 is 20.2 Å². The number of rotatable bonds is 9. The van der Waals surface area contributed by atoms with Gasteiger partial charge in [0.25, 0.3) is 11.8 Å². The van der Waals surface area contributed by atoms with Crippen LogP contribution in [0.15, 0.2) is 24.3 Å². The largest absolute Gasteiger partial charge is 0.491 e. The van der Waals surface area contributed by atoms with Crippen LogP contribution in [-0.2, 0) is 32.1 Å². The van der Waals surface area contributed by atoms with Crippen molar-refractivity contribution in [2.75, 3.05) is 13.1 Å². The lowest BCUT2D eigenvalue weighted by Gasteiger charge is -2.19. The smallest absolute Gasteiger partial charge is 0.481 e. The lowest BCUT2D eigenvalue weighted by molar-refractivity contribution is -0.137. The molecule has 2 aliphatic heterocycles. The van der Waals surface area contributed by atoms with Gasteiger partial charge in [-0.1, -0.05) is 23.2 Å². The Morgan fingerprint density at radius 3 is 1.92 bits per heavy atom. The molecule has 0 aliphatic carbocycles. The first kappa shape index (κ1) is 27.9. The van der Waals surface area contributed by atoms with Crippen molar-refractivity contribution in [1.29, 1.82) is 0 Å². The van der Waals surface area contributed by atoms with Gasteiger partial charge in [-0.05, 0) is 46.3 Å². The van der Waals surface area contributed by atoms with Gasteiger partial charge in [0.15, 0.2) is 0 Å². The molecular weight excluding hydrogens is 543 g/mol. The number of fused-ring (bicyclic) bond motifs is 2. The second kappa shape index (κ2) is 11.7. The number of halogens is 2. The number of carboxylic acid groups (broad SMARTS) is 1. The van der Waals surface area contributed by atoms with Crippen LogP contribution in [0.25, 0.3) is 0 Å². The van der Waals surface area contributed by atoms with Gasteiger partial charge in [-0.2, -0.15) is 0 Å². The van der Waals surface area contributed by atoms with Crippen molar-refractivity contribution in [2.45, 2.75) is 25.7 Å². The van der Waals surface area contributed by atoms with Gasteiger partial charge in [0.1, 0.15) is 6.04 Å². The Kier molecular flexibility index (Phi) is 8.61. The van der Waals surface area contributed by atoms with Crippen LogP contribution in [-0.4, -0.2) is 72.2 Å². The average Bonchev–Trinajstić information content (AvgIpc) is 3.44. The molecule has 0 spiro atoms. The van der Waals surface area contributed by atoms with E-state index in [2.05, 4.69) is 16.0 Å². The number of nitrogens with one attached hydrogen (secondary N) is 3. The number of aliphatic carboxylic acids is 1. The van der Waals surface area contributed by atoms with Gasteiger partial charge in [0, 0.05) is 34.3 Å². The van der Waals surface area contributed by atoms with Crippen LogP contribution in [0, 0.1) is 0 Å². The van der Waals surface area contributed by atoms with E-state index in [1.54, 1.807) is 0 Å². The Morgan fingerprint density at radius 1 is 0.868 bits per heavy atom. The molecule has 198 valence electrons. The summed E-state index contributed by atoms with van der Waals surface area (Å²) >= 11 is 12.4. The van der Waals surface area contributed by atoms with Gasteiger partial charge in [0.2, 0.25) is 5.91 Å². The van der Waals surface area contributed by atoms with E-state index in [0.717, 1.165) is 0 Å². The second-order valence-electron chi connectivity index (χ2n) is 8.55. The van der Waals surface area contributed by atoms with Crippen molar-refractivity contribution in [3.63, 3.8) is 0 Å². The van der Waals surface area contributed by atoms with Crippen LogP contribution in [0.3, 0.4) is 0 Å². The van der Waals surface area contributed by atoms with Gasteiger partial charge in [-0.3, -0.25) is 19.2 Å². The van der Waals surface area contributed by atoms with Crippen molar-refractivity contribution < 1.29 is 43.6 Å². The first-order chi connectivity index (χ1) is 18.0. The van der Waals surface area contributed by atoms with E-state index >= 15 is 0 Å². The number of carboxylic acids is 1. The summed E-state index contributed by atoms with van der Waals surface area (Å²) in [4.78, 5) is 49.4. The molecule has 38 heavy (non-hydrogen) atoms. The van der Waals surface area contributed by atoms with Crippen LogP contribution in [0.1, 0.15) is 38.3 Å². The van der Waals surface area contributed by atoms with Crippen LogP contribution < -0.4 is 26.9 Å². The fraction of sp³-hybridized carbons (Fsp3) is 0.273. The third-order valence-corrected chi connectivity index (χ3v) is 6.69. The molecule has 2 heterocycles. The number of carbonyl (C=O) groups excluding carboxylic acids is 3. The molecule has 6 N–H and O–H groups in total. The fourth-order valence-corrected chi connectivity index (χ4v) is 4.55. The molecule has 0 fully saturated rings. The van der Waals surface area contributed by atoms with Crippen LogP contribution >= 0.6 is 23.2 Å². The number of benzene rings is 2. The summed E-state index contributed by atoms with van der Waals surface area (Å²) in [6.07, 6.45) is -0.352. The Balaban J connectivity index is 1.49. The normalized spacial score (nSPS) is 14.5. The molecule has 3 amide bonds. The molecule has 2 aromatic rings. The molecular formula is C22H21B2Cl2N3O9. The number of carbonyl (C=O) groups is 4. The molecule has 0 aromatic heterocycles. The molecule has 16 heteroatoms. The molecule has 0 saturated heterocycles. The lowest BCUT2D eigenvalue weighted by Crippen LogP contribution is -2.53.